The summed E-state index contributed by atoms with van der Waals surface area (Å²) < 4.78 is 26.8. The fourth-order valence-corrected chi connectivity index (χ4v) is 1.98. The molecule has 120 valence electrons. The van der Waals surface area contributed by atoms with Crippen LogP contribution in [0.25, 0.3) is 0 Å². The van der Waals surface area contributed by atoms with Crippen LogP contribution in [0.4, 0.5) is 8.78 Å². The number of hydrogen-bond donors (Lipinski definition) is 1. The Balaban J connectivity index is 2.06. The molecule has 0 spiro atoms. The monoisotopic (exact) mass is 316 g/mol. The highest BCUT2D eigenvalue weighted by atomic mass is 19.1. The maximum Gasteiger partial charge on any atom is 0.271 e. The van der Waals surface area contributed by atoms with Crippen molar-refractivity contribution in [3.63, 3.8) is 0 Å². The Morgan fingerprint density at radius 1 is 1.04 bits per heavy atom. The van der Waals surface area contributed by atoms with E-state index >= 15 is 0 Å². The second-order valence-electron chi connectivity index (χ2n) is 6.16. The van der Waals surface area contributed by atoms with E-state index in [1.165, 1.54) is 6.07 Å². The van der Waals surface area contributed by atoms with Crippen LogP contribution >= 0.6 is 0 Å². The number of hydrazone groups is 1. The Bertz CT molecular complexity index is 711. The number of carbonyl (C=O) groups is 1. The van der Waals surface area contributed by atoms with Gasteiger partial charge in [0, 0.05) is 5.56 Å². The van der Waals surface area contributed by atoms with Gasteiger partial charge >= 0.3 is 0 Å². The molecule has 0 aliphatic heterocycles. The molecule has 0 saturated heterocycles. The SMILES string of the molecule is CC(C)(C)c1ccc(C(=O)N/N=C\c2c(F)cccc2F)cc1. The minimum Gasteiger partial charge on any atom is -0.267 e. The lowest BCUT2D eigenvalue weighted by atomic mass is 9.87. The van der Waals surface area contributed by atoms with Gasteiger partial charge in [-0.05, 0) is 35.2 Å². The lowest BCUT2D eigenvalue weighted by Gasteiger charge is -2.18. The van der Waals surface area contributed by atoms with Gasteiger partial charge in [-0.15, -0.1) is 0 Å². The van der Waals surface area contributed by atoms with Crippen molar-refractivity contribution >= 4 is 12.1 Å². The van der Waals surface area contributed by atoms with Crippen LogP contribution in [0, 0.1) is 11.6 Å². The molecule has 0 aliphatic rings. The van der Waals surface area contributed by atoms with Gasteiger partial charge in [0.05, 0.1) is 11.8 Å². The van der Waals surface area contributed by atoms with Gasteiger partial charge in [-0.2, -0.15) is 5.10 Å². The molecule has 2 rings (SSSR count). The predicted molar refractivity (Wildman–Crippen MR) is 86.6 cm³/mol. The van der Waals surface area contributed by atoms with Crippen molar-refractivity contribution < 1.29 is 13.6 Å². The zero-order valence-corrected chi connectivity index (χ0v) is 13.2. The molecule has 3 nitrogen and oxygen atoms in total. The molecule has 5 heteroatoms. The van der Waals surface area contributed by atoms with Crippen LogP contribution in [0.2, 0.25) is 0 Å². The molecule has 0 fully saturated rings. The van der Waals surface area contributed by atoms with Crippen molar-refractivity contribution in [1.29, 1.82) is 0 Å². The molecule has 1 N–H and O–H groups in total. The topological polar surface area (TPSA) is 41.5 Å². The smallest absolute Gasteiger partial charge is 0.267 e. The van der Waals surface area contributed by atoms with E-state index < -0.39 is 17.5 Å². The van der Waals surface area contributed by atoms with Gasteiger partial charge < -0.3 is 0 Å². The minimum absolute atomic E-state index is 0.00444. The minimum atomic E-state index is -0.738. The maximum absolute atomic E-state index is 13.4. The molecular weight excluding hydrogens is 298 g/mol. The molecule has 0 atom stereocenters. The zero-order chi connectivity index (χ0) is 17.0. The van der Waals surface area contributed by atoms with Gasteiger partial charge in [-0.1, -0.05) is 39.0 Å². The van der Waals surface area contributed by atoms with Gasteiger partial charge in [-0.3, -0.25) is 4.79 Å². The normalized spacial score (nSPS) is 11.7. The third kappa shape index (κ3) is 4.22. The summed E-state index contributed by atoms with van der Waals surface area (Å²) in [6, 6.07) is 10.6. The average Bonchev–Trinajstić information content (AvgIpc) is 2.49. The van der Waals surface area contributed by atoms with Gasteiger partial charge in [0.25, 0.3) is 5.91 Å². The third-order valence-electron chi connectivity index (χ3n) is 3.37. The Labute approximate surface area is 134 Å². The van der Waals surface area contributed by atoms with Crippen molar-refractivity contribution in [2.75, 3.05) is 0 Å². The zero-order valence-electron chi connectivity index (χ0n) is 13.2. The number of nitrogens with one attached hydrogen (secondary N) is 1. The average molecular weight is 316 g/mol. The number of rotatable bonds is 3. The predicted octanol–water partition coefficient (Wildman–Crippen LogP) is 4.03. The van der Waals surface area contributed by atoms with Crippen molar-refractivity contribution in [1.82, 2.24) is 5.43 Å². The van der Waals surface area contributed by atoms with E-state index in [2.05, 4.69) is 31.3 Å². The van der Waals surface area contributed by atoms with E-state index in [1.54, 1.807) is 12.1 Å². The molecular formula is C18H18F2N2O. The summed E-state index contributed by atoms with van der Waals surface area (Å²) >= 11 is 0. The summed E-state index contributed by atoms with van der Waals surface area (Å²) in [5.74, 6) is -1.92. The Kier molecular flexibility index (Phi) is 4.89. The second kappa shape index (κ2) is 6.69. The molecule has 0 aromatic heterocycles. The number of nitrogens with zero attached hydrogens (tertiary/aromatic N) is 1. The first-order chi connectivity index (χ1) is 10.8. The van der Waals surface area contributed by atoms with E-state index in [1.807, 2.05) is 12.1 Å². The van der Waals surface area contributed by atoms with Crippen molar-refractivity contribution in [3.8, 4) is 0 Å². The number of benzene rings is 2. The maximum atomic E-state index is 13.4. The Morgan fingerprint density at radius 3 is 2.13 bits per heavy atom. The Morgan fingerprint density at radius 2 is 1.61 bits per heavy atom. The van der Waals surface area contributed by atoms with Gasteiger partial charge in [-0.25, -0.2) is 14.2 Å². The summed E-state index contributed by atoms with van der Waals surface area (Å²) in [7, 11) is 0. The molecule has 0 unspecified atom stereocenters. The highest BCUT2D eigenvalue weighted by molar-refractivity contribution is 5.94. The van der Waals surface area contributed by atoms with E-state index in [0.717, 1.165) is 23.9 Å². The van der Waals surface area contributed by atoms with Gasteiger partial charge in [0.15, 0.2) is 0 Å². The Hall–Kier alpha value is -2.56. The van der Waals surface area contributed by atoms with Gasteiger partial charge in [0.1, 0.15) is 11.6 Å². The molecule has 0 bridgehead atoms. The van der Waals surface area contributed by atoms with Crippen LogP contribution in [0.3, 0.4) is 0 Å². The van der Waals surface area contributed by atoms with Crippen molar-refractivity contribution in [2.24, 2.45) is 5.10 Å². The lowest BCUT2D eigenvalue weighted by molar-refractivity contribution is 0.0955. The second-order valence-corrected chi connectivity index (χ2v) is 6.16. The number of hydrogen-bond acceptors (Lipinski definition) is 2. The number of amides is 1. The standard InChI is InChI=1S/C18H18F2N2O/c1-18(2,3)13-9-7-12(8-10-13)17(23)22-21-11-14-15(19)5-4-6-16(14)20/h4-11H,1-3H3,(H,22,23)/b21-11-. The van der Waals surface area contributed by atoms with Crippen LogP contribution in [0.1, 0.15) is 42.3 Å². The molecule has 0 aliphatic carbocycles. The lowest BCUT2D eigenvalue weighted by Crippen LogP contribution is -2.18. The van der Waals surface area contributed by atoms with Gasteiger partial charge in [0.2, 0.25) is 0 Å². The summed E-state index contributed by atoms with van der Waals surface area (Å²) in [5.41, 5.74) is 3.48. The first-order valence-corrected chi connectivity index (χ1v) is 7.17. The quantitative estimate of drug-likeness (QED) is 0.674. The number of carbonyl (C=O) groups excluding carboxylic acids is 1. The first kappa shape index (κ1) is 16.8. The fourth-order valence-electron chi connectivity index (χ4n) is 1.98. The number of halogens is 2. The van der Waals surface area contributed by atoms with Crippen molar-refractivity contribution in [3.05, 3.63) is 70.8 Å². The van der Waals surface area contributed by atoms with E-state index in [9.17, 15) is 13.6 Å². The largest absolute Gasteiger partial charge is 0.271 e. The summed E-state index contributed by atoms with van der Waals surface area (Å²) in [6.45, 7) is 6.24. The van der Waals surface area contributed by atoms with Crippen LogP contribution in [-0.4, -0.2) is 12.1 Å². The van der Waals surface area contributed by atoms with Crippen LogP contribution in [0.15, 0.2) is 47.6 Å². The highest BCUT2D eigenvalue weighted by Gasteiger charge is 2.14. The van der Waals surface area contributed by atoms with Crippen LogP contribution in [-0.2, 0) is 5.41 Å². The third-order valence-corrected chi connectivity index (χ3v) is 3.37. The highest BCUT2D eigenvalue weighted by Crippen LogP contribution is 2.22. The van der Waals surface area contributed by atoms with E-state index in [0.29, 0.717) is 5.56 Å². The summed E-state index contributed by atoms with van der Waals surface area (Å²) in [4.78, 5) is 12.0. The molecule has 0 heterocycles. The summed E-state index contributed by atoms with van der Waals surface area (Å²) in [6.07, 6.45) is 0.950. The van der Waals surface area contributed by atoms with E-state index in [-0.39, 0.29) is 11.0 Å². The van der Waals surface area contributed by atoms with Crippen molar-refractivity contribution in [2.45, 2.75) is 26.2 Å². The first-order valence-electron chi connectivity index (χ1n) is 7.17. The molecule has 1 amide bonds. The van der Waals surface area contributed by atoms with Crippen LogP contribution in [0.5, 0.6) is 0 Å². The molecule has 2 aromatic rings. The molecule has 0 radical (unpaired) electrons. The molecule has 2 aromatic carbocycles. The van der Waals surface area contributed by atoms with E-state index in [4.69, 9.17) is 0 Å². The summed E-state index contributed by atoms with van der Waals surface area (Å²) in [5, 5.41) is 3.61. The molecule has 0 saturated carbocycles. The van der Waals surface area contributed by atoms with Crippen LogP contribution < -0.4 is 5.43 Å². The molecule has 23 heavy (non-hydrogen) atoms. The fraction of sp³-hybridized carbons (Fsp3) is 0.222.